The maximum Gasteiger partial charge on any atom is 0.140 e. The molecular weight excluding hydrogens is 169 g/mol. The maximum atomic E-state index is 11.0. The second kappa shape index (κ2) is 2.65. The van der Waals surface area contributed by atoms with Crippen LogP contribution in [0.15, 0.2) is 12.2 Å². The number of hydrogen-bond donors (Lipinski definition) is 0. The summed E-state index contributed by atoms with van der Waals surface area (Å²) in [5.41, 5.74) is 1.62. The van der Waals surface area contributed by atoms with Crippen LogP contribution in [0.25, 0.3) is 0 Å². The van der Waals surface area contributed by atoms with Crippen LogP contribution in [0.3, 0.4) is 0 Å². The fourth-order valence-electron chi connectivity index (χ4n) is 2.44. The van der Waals surface area contributed by atoms with Gasteiger partial charge in [0.1, 0.15) is 6.29 Å². The van der Waals surface area contributed by atoms with Gasteiger partial charge in [0.2, 0.25) is 0 Å². The van der Waals surface area contributed by atoms with Crippen LogP contribution < -0.4 is 0 Å². The van der Waals surface area contributed by atoms with Crippen molar-refractivity contribution in [3.8, 4) is 0 Å². The Morgan fingerprint density at radius 3 is 3.08 bits per heavy atom. The third kappa shape index (κ3) is 1.06. The van der Waals surface area contributed by atoms with Crippen molar-refractivity contribution in [2.24, 2.45) is 0 Å². The first-order chi connectivity index (χ1) is 5.66. The van der Waals surface area contributed by atoms with Crippen molar-refractivity contribution in [1.82, 2.24) is 4.90 Å². The predicted molar refractivity (Wildman–Crippen MR) is 52.2 cm³/mol. The van der Waals surface area contributed by atoms with E-state index in [9.17, 15) is 4.79 Å². The van der Waals surface area contributed by atoms with E-state index in [-0.39, 0.29) is 5.54 Å². The Morgan fingerprint density at radius 2 is 2.50 bits per heavy atom. The molecule has 3 heteroatoms. The van der Waals surface area contributed by atoms with Gasteiger partial charge in [0.05, 0.1) is 5.54 Å². The first-order valence-electron chi connectivity index (χ1n) is 4.30. The van der Waals surface area contributed by atoms with Crippen molar-refractivity contribution in [1.29, 1.82) is 0 Å². The van der Waals surface area contributed by atoms with Crippen molar-refractivity contribution in [3.05, 3.63) is 12.2 Å². The Balaban J connectivity index is 2.26. The zero-order valence-corrected chi connectivity index (χ0v) is 8.28. The lowest BCUT2D eigenvalue weighted by Gasteiger charge is -2.24. The van der Waals surface area contributed by atoms with Gasteiger partial charge in [0.25, 0.3) is 0 Å². The standard InChI is InChI=1S/C9H14NOP/c1-7-2-9(6-11)3-8(12)5-10(9)4-7/h6,8H,1-5,12H2/t8?,9-/m0/s1. The summed E-state index contributed by atoms with van der Waals surface area (Å²) in [5, 5.41) is 0. The van der Waals surface area contributed by atoms with Gasteiger partial charge < -0.3 is 4.79 Å². The summed E-state index contributed by atoms with van der Waals surface area (Å²) >= 11 is 0. The summed E-state index contributed by atoms with van der Waals surface area (Å²) < 4.78 is 0. The molecule has 2 aliphatic rings. The highest BCUT2D eigenvalue weighted by atomic mass is 31.0. The molecule has 2 fully saturated rings. The second-order valence-electron chi connectivity index (χ2n) is 3.99. The van der Waals surface area contributed by atoms with E-state index in [4.69, 9.17) is 0 Å². The number of carbonyl (C=O) groups excluding carboxylic acids is 1. The van der Waals surface area contributed by atoms with E-state index in [1.54, 1.807) is 0 Å². The Bertz CT molecular complexity index is 241. The van der Waals surface area contributed by atoms with Crippen LogP contribution in [0.5, 0.6) is 0 Å². The van der Waals surface area contributed by atoms with E-state index in [0.29, 0.717) is 5.66 Å². The largest absolute Gasteiger partial charge is 0.301 e. The summed E-state index contributed by atoms with van der Waals surface area (Å²) in [6, 6.07) is 0. The molecule has 0 saturated carbocycles. The number of fused-ring (bicyclic) bond motifs is 1. The van der Waals surface area contributed by atoms with Crippen LogP contribution in [-0.2, 0) is 4.79 Å². The zero-order chi connectivity index (χ0) is 8.77. The highest BCUT2D eigenvalue weighted by Gasteiger charge is 2.48. The molecule has 0 radical (unpaired) electrons. The lowest BCUT2D eigenvalue weighted by molar-refractivity contribution is -0.115. The Morgan fingerprint density at radius 1 is 1.75 bits per heavy atom. The van der Waals surface area contributed by atoms with Crippen molar-refractivity contribution in [2.45, 2.75) is 24.0 Å². The minimum absolute atomic E-state index is 0.177. The van der Waals surface area contributed by atoms with E-state index < -0.39 is 0 Å². The molecule has 12 heavy (non-hydrogen) atoms. The molecule has 2 rings (SSSR count). The first kappa shape index (κ1) is 8.40. The number of aldehydes is 1. The van der Waals surface area contributed by atoms with E-state index in [1.807, 2.05) is 0 Å². The van der Waals surface area contributed by atoms with Crippen LogP contribution >= 0.6 is 9.24 Å². The molecule has 0 aromatic carbocycles. The SMILES string of the molecule is C=C1CN2CC(P)C[C@]2(C=O)C1. The number of carbonyl (C=O) groups is 1. The van der Waals surface area contributed by atoms with Gasteiger partial charge in [0.15, 0.2) is 0 Å². The molecule has 2 nitrogen and oxygen atoms in total. The lowest BCUT2D eigenvalue weighted by atomic mass is 9.95. The summed E-state index contributed by atoms with van der Waals surface area (Å²) in [5.74, 6) is 0. The smallest absolute Gasteiger partial charge is 0.140 e. The van der Waals surface area contributed by atoms with Gasteiger partial charge >= 0.3 is 0 Å². The molecule has 2 aliphatic heterocycles. The minimum atomic E-state index is -0.177. The van der Waals surface area contributed by atoms with Crippen LogP contribution in [0.4, 0.5) is 0 Å². The van der Waals surface area contributed by atoms with Gasteiger partial charge in [-0.05, 0) is 18.5 Å². The number of nitrogens with zero attached hydrogens (tertiary/aromatic N) is 1. The van der Waals surface area contributed by atoms with Crippen molar-refractivity contribution >= 4 is 15.5 Å². The molecule has 2 unspecified atom stereocenters. The van der Waals surface area contributed by atoms with E-state index in [1.165, 1.54) is 5.57 Å². The minimum Gasteiger partial charge on any atom is -0.301 e. The molecular formula is C9H14NOP. The third-order valence-electron chi connectivity index (χ3n) is 2.89. The molecule has 3 atom stereocenters. The fourth-order valence-corrected chi connectivity index (χ4v) is 3.10. The maximum absolute atomic E-state index is 11.0. The summed E-state index contributed by atoms with van der Waals surface area (Å²) in [4.78, 5) is 13.3. The average molecular weight is 183 g/mol. The molecule has 0 N–H and O–H groups in total. The van der Waals surface area contributed by atoms with Crippen LogP contribution in [0, 0.1) is 0 Å². The van der Waals surface area contributed by atoms with Crippen LogP contribution in [-0.4, -0.2) is 35.5 Å². The van der Waals surface area contributed by atoms with E-state index >= 15 is 0 Å². The molecule has 66 valence electrons. The topological polar surface area (TPSA) is 20.3 Å². The van der Waals surface area contributed by atoms with Gasteiger partial charge in [-0.2, -0.15) is 0 Å². The second-order valence-corrected chi connectivity index (χ2v) is 4.94. The predicted octanol–water partition coefficient (Wildman–Crippen LogP) is 0.833. The third-order valence-corrected chi connectivity index (χ3v) is 3.34. The molecule has 0 amide bonds. The Kier molecular flexibility index (Phi) is 1.85. The van der Waals surface area contributed by atoms with E-state index in [0.717, 1.165) is 32.2 Å². The zero-order valence-electron chi connectivity index (χ0n) is 7.12. The molecule has 0 aliphatic carbocycles. The molecule has 2 saturated heterocycles. The summed E-state index contributed by atoms with van der Waals surface area (Å²) in [6.45, 7) is 5.90. The Labute approximate surface area is 75.2 Å². The molecule has 2 heterocycles. The average Bonchev–Trinajstić information content (AvgIpc) is 2.40. The van der Waals surface area contributed by atoms with Gasteiger partial charge in [-0.25, -0.2) is 0 Å². The number of rotatable bonds is 1. The van der Waals surface area contributed by atoms with Crippen LogP contribution in [0.2, 0.25) is 0 Å². The highest BCUT2D eigenvalue weighted by Crippen LogP contribution is 2.41. The molecule has 0 bridgehead atoms. The fraction of sp³-hybridized carbons (Fsp3) is 0.667. The van der Waals surface area contributed by atoms with Gasteiger partial charge in [-0.15, -0.1) is 9.24 Å². The summed E-state index contributed by atoms with van der Waals surface area (Å²) in [7, 11) is 2.81. The quantitative estimate of drug-likeness (QED) is 0.341. The summed E-state index contributed by atoms with van der Waals surface area (Å²) in [6.07, 6.45) is 2.98. The monoisotopic (exact) mass is 183 g/mol. The normalized spacial score (nSPS) is 41.8. The molecule has 0 aromatic rings. The lowest BCUT2D eigenvalue weighted by Crippen LogP contribution is -2.39. The highest BCUT2D eigenvalue weighted by molar-refractivity contribution is 7.17. The Hall–Kier alpha value is -0.200. The van der Waals surface area contributed by atoms with Gasteiger partial charge in [-0.3, -0.25) is 4.90 Å². The van der Waals surface area contributed by atoms with Crippen molar-refractivity contribution in [2.75, 3.05) is 13.1 Å². The van der Waals surface area contributed by atoms with E-state index in [2.05, 4.69) is 20.7 Å². The number of hydrogen-bond acceptors (Lipinski definition) is 2. The van der Waals surface area contributed by atoms with Gasteiger partial charge in [-0.1, -0.05) is 12.2 Å². The van der Waals surface area contributed by atoms with Crippen LogP contribution in [0.1, 0.15) is 12.8 Å². The molecule has 0 spiro atoms. The van der Waals surface area contributed by atoms with Crippen molar-refractivity contribution < 1.29 is 4.79 Å². The van der Waals surface area contributed by atoms with Gasteiger partial charge in [0, 0.05) is 13.1 Å². The first-order valence-corrected chi connectivity index (χ1v) is 4.96. The van der Waals surface area contributed by atoms with Crippen molar-refractivity contribution in [3.63, 3.8) is 0 Å². The molecule has 0 aromatic heterocycles.